The van der Waals surface area contributed by atoms with E-state index >= 15 is 0 Å². The van der Waals surface area contributed by atoms with Crippen LogP contribution in [0.1, 0.15) is 25.2 Å². The molecule has 0 aliphatic rings. The Kier molecular flexibility index (Phi) is 4.04. The molecule has 0 aliphatic carbocycles. The van der Waals surface area contributed by atoms with Gasteiger partial charge in [-0.05, 0) is 24.5 Å². The molecule has 0 bridgehead atoms. The lowest BCUT2D eigenvalue weighted by molar-refractivity contribution is 0.282. The van der Waals surface area contributed by atoms with Crippen molar-refractivity contribution >= 4 is 5.69 Å². The van der Waals surface area contributed by atoms with E-state index in [1.165, 1.54) is 0 Å². The van der Waals surface area contributed by atoms with E-state index in [2.05, 4.69) is 23.9 Å². The fourth-order valence-electron chi connectivity index (χ4n) is 1.91. The van der Waals surface area contributed by atoms with Crippen molar-refractivity contribution in [3.05, 3.63) is 35.9 Å². The van der Waals surface area contributed by atoms with Gasteiger partial charge in [0.25, 0.3) is 0 Å². The van der Waals surface area contributed by atoms with Crippen LogP contribution in [0.4, 0.5) is 5.69 Å². The Hall–Kier alpha value is -2.04. The third-order valence-electron chi connectivity index (χ3n) is 2.82. The van der Waals surface area contributed by atoms with Crippen molar-refractivity contribution in [2.45, 2.75) is 33.9 Å². The normalized spacial score (nSPS) is 10.9. The number of benzene rings is 1. The lowest BCUT2D eigenvalue weighted by Gasteiger charge is -2.12. The van der Waals surface area contributed by atoms with Crippen molar-refractivity contribution in [1.29, 1.82) is 0 Å². The third kappa shape index (κ3) is 3.24. The van der Waals surface area contributed by atoms with E-state index in [1.807, 2.05) is 29.8 Å². The van der Waals surface area contributed by atoms with Gasteiger partial charge in [-0.15, -0.1) is 0 Å². The smallest absolute Gasteiger partial charge is 0.164 e. The van der Waals surface area contributed by atoms with E-state index in [9.17, 15) is 0 Å². The number of nitrogens with zero attached hydrogens (tertiary/aromatic N) is 3. The highest BCUT2D eigenvalue weighted by Gasteiger charge is 2.09. The number of anilines is 1. The maximum Gasteiger partial charge on any atom is 0.164 e. The van der Waals surface area contributed by atoms with Gasteiger partial charge in [-0.1, -0.05) is 26.0 Å². The first-order valence-electron chi connectivity index (χ1n) is 6.42. The molecule has 0 saturated carbocycles. The Balaban J connectivity index is 2.09. The standard InChI is InChI=1S/C14H20N4O/c1-10(2)7-18-13(16-9-17-18)8-19-14-11(3)5-4-6-12(14)15/h4-6,9-10H,7-8,15H2,1-3H3. The molecular formula is C14H20N4O. The predicted molar refractivity (Wildman–Crippen MR) is 74.8 cm³/mol. The van der Waals surface area contributed by atoms with Crippen LogP contribution in [0.2, 0.25) is 0 Å². The predicted octanol–water partition coefficient (Wildman–Crippen LogP) is 2.40. The molecule has 0 fully saturated rings. The fourth-order valence-corrected chi connectivity index (χ4v) is 1.91. The molecule has 1 aromatic heterocycles. The van der Waals surface area contributed by atoms with E-state index in [-0.39, 0.29) is 0 Å². The lowest BCUT2D eigenvalue weighted by atomic mass is 10.2. The van der Waals surface area contributed by atoms with Crippen molar-refractivity contribution in [1.82, 2.24) is 14.8 Å². The average Bonchev–Trinajstić information content (AvgIpc) is 2.75. The molecule has 2 N–H and O–H groups in total. The number of aromatic nitrogens is 3. The van der Waals surface area contributed by atoms with Crippen LogP contribution in [0.15, 0.2) is 24.5 Å². The molecule has 0 aliphatic heterocycles. The summed E-state index contributed by atoms with van der Waals surface area (Å²) < 4.78 is 7.66. The first kappa shape index (κ1) is 13.4. The van der Waals surface area contributed by atoms with Crippen molar-refractivity contribution in [2.75, 3.05) is 5.73 Å². The molecule has 102 valence electrons. The van der Waals surface area contributed by atoms with Crippen LogP contribution in [-0.4, -0.2) is 14.8 Å². The molecule has 0 atom stereocenters. The van der Waals surface area contributed by atoms with Gasteiger partial charge in [-0.3, -0.25) is 0 Å². The third-order valence-corrected chi connectivity index (χ3v) is 2.82. The zero-order valence-corrected chi connectivity index (χ0v) is 11.6. The molecular weight excluding hydrogens is 240 g/mol. The largest absolute Gasteiger partial charge is 0.483 e. The summed E-state index contributed by atoms with van der Waals surface area (Å²) in [5.41, 5.74) is 7.58. The second-order valence-electron chi connectivity index (χ2n) is 5.03. The lowest BCUT2D eigenvalue weighted by Crippen LogP contribution is -2.12. The maximum atomic E-state index is 5.91. The van der Waals surface area contributed by atoms with Crippen LogP contribution in [0, 0.1) is 12.8 Å². The topological polar surface area (TPSA) is 66.0 Å². The summed E-state index contributed by atoms with van der Waals surface area (Å²) in [6, 6.07) is 5.73. The minimum atomic E-state index is 0.377. The SMILES string of the molecule is Cc1cccc(N)c1OCc1ncnn1CC(C)C. The highest BCUT2D eigenvalue weighted by Crippen LogP contribution is 2.26. The summed E-state index contributed by atoms with van der Waals surface area (Å²) in [6.07, 6.45) is 1.56. The number of nitrogen functional groups attached to an aromatic ring is 1. The van der Waals surface area contributed by atoms with Crippen molar-refractivity contribution in [3.63, 3.8) is 0 Å². The van der Waals surface area contributed by atoms with Crippen molar-refractivity contribution in [2.24, 2.45) is 5.92 Å². The van der Waals surface area contributed by atoms with E-state index in [1.54, 1.807) is 6.33 Å². The molecule has 2 aromatic rings. The molecule has 1 heterocycles. The van der Waals surface area contributed by atoms with Crippen LogP contribution >= 0.6 is 0 Å². The number of hydrogen-bond acceptors (Lipinski definition) is 4. The number of ether oxygens (including phenoxy) is 1. The zero-order chi connectivity index (χ0) is 13.8. The number of para-hydroxylation sites is 1. The van der Waals surface area contributed by atoms with Crippen LogP contribution in [0.5, 0.6) is 5.75 Å². The Morgan fingerprint density at radius 3 is 2.84 bits per heavy atom. The fraction of sp³-hybridized carbons (Fsp3) is 0.429. The Morgan fingerprint density at radius 1 is 1.37 bits per heavy atom. The Bertz CT molecular complexity index is 528. The van der Waals surface area contributed by atoms with Crippen LogP contribution in [0.3, 0.4) is 0 Å². The molecule has 5 nitrogen and oxygen atoms in total. The highest BCUT2D eigenvalue weighted by molar-refractivity contribution is 5.56. The summed E-state index contributed by atoms with van der Waals surface area (Å²) in [6.45, 7) is 7.48. The molecule has 19 heavy (non-hydrogen) atoms. The van der Waals surface area contributed by atoms with E-state index in [0.717, 1.165) is 23.7 Å². The van der Waals surface area contributed by atoms with Gasteiger partial charge in [0.15, 0.2) is 5.82 Å². The Morgan fingerprint density at radius 2 is 2.16 bits per heavy atom. The molecule has 0 spiro atoms. The minimum absolute atomic E-state index is 0.377. The van der Waals surface area contributed by atoms with Gasteiger partial charge in [-0.2, -0.15) is 5.10 Å². The second-order valence-corrected chi connectivity index (χ2v) is 5.03. The van der Waals surface area contributed by atoms with Gasteiger partial charge in [-0.25, -0.2) is 9.67 Å². The van der Waals surface area contributed by atoms with Crippen molar-refractivity contribution < 1.29 is 4.74 Å². The van der Waals surface area contributed by atoms with Gasteiger partial charge in [0.05, 0.1) is 5.69 Å². The maximum absolute atomic E-state index is 5.91. The van der Waals surface area contributed by atoms with Gasteiger partial charge >= 0.3 is 0 Å². The molecule has 1 aromatic carbocycles. The summed E-state index contributed by atoms with van der Waals surface area (Å²) >= 11 is 0. The molecule has 2 rings (SSSR count). The van der Waals surface area contributed by atoms with E-state index < -0.39 is 0 Å². The molecule has 0 unspecified atom stereocenters. The molecule has 0 saturated heterocycles. The van der Waals surface area contributed by atoms with Gasteiger partial charge in [0, 0.05) is 6.54 Å². The monoisotopic (exact) mass is 260 g/mol. The summed E-state index contributed by atoms with van der Waals surface area (Å²) in [7, 11) is 0. The summed E-state index contributed by atoms with van der Waals surface area (Å²) in [4.78, 5) is 4.23. The van der Waals surface area contributed by atoms with Gasteiger partial charge < -0.3 is 10.5 Å². The average molecular weight is 260 g/mol. The van der Waals surface area contributed by atoms with Crippen LogP contribution < -0.4 is 10.5 Å². The minimum Gasteiger partial charge on any atom is -0.483 e. The van der Waals surface area contributed by atoms with E-state index in [4.69, 9.17) is 10.5 Å². The van der Waals surface area contributed by atoms with Crippen LogP contribution in [-0.2, 0) is 13.2 Å². The molecule has 0 amide bonds. The first-order valence-corrected chi connectivity index (χ1v) is 6.42. The van der Waals surface area contributed by atoms with E-state index in [0.29, 0.717) is 18.2 Å². The number of nitrogens with two attached hydrogens (primary N) is 1. The molecule has 5 heteroatoms. The number of rotatable bonds is 5. The van der Waals surface area contributed by atoms with Gasteiger partial charge in [0.2, 0.25) is 0 Å². The summed E-state index contributed by atoms with van der Waals surface area (Å²) in [5, 5.41) is 4.21. The second kappa shape index (κ2) is 5.73. The summed E-state index contributed by atoms with van der Waals surface area (Å²) in [5.74, 6) is 2.06. The first-order chi connectivity index (χ1) is 9.08. The highest BCUT2D eigenvalue weighted by atomic mass is 16.5. The zero-order valence-electron chi connectivity index (χ0n) is 11.6. The Labute approximate surface area is 113 Å². The number of hydrogen-bond donors (Lipinski definition) is 1. The molecule has 0 radical (unpaired) electrons. The van der Waals surface area contributed by atoms with Gasteiger partial charge in [0.1, 0.15) is 18.7 Å². The number of aryl methyl sites for hydroxylation is 1. The van der Waals surface area contributed by atoms with Crippen molar-refractivity contribution in [3.8, 4) is 5.75 Å². The quantitative estimate of drug-likeness (QED) is 0.838. The van der Waals surface area contributed by atoms with Crippen LogP contribution in [0.25, 0.3) is 0 Å².